The first kappa shape index (κ1) is 14.8. The highest BCUT2D eigenvalue weighted by Gasteiger charge is 2.02. The fourth-order valence-electron chi connectivity index (χ4n) is 1.22. The summed E-state index contributed by atoms with van der Waals surface area (Å²) in [5.41, 5.74) is 0. The van der Waals surface area contributed by atoms with Crippen LogP contribution in [-0.4, -0.2) is 36.5 Å². The highest BCUT2D eigenvalue weighted by molar-refractivity contribution is 7.99. The van der Waals surface area contributed by atoms with E-state index < -0.39 is 0 Å². The van der Waals surface area contributed by atoms with Crippen molar-refractivity contribution in [2.75, 3.05) is 24.6 Å². The molecule has 0 rings (SSSR count). The van der Waals surface area contributed by atoms with Gasteiger partial charge in [0.05, 0.1) is 0 Å². The van der Waals surface area contributed by atoms with Gasteiger partial charge >= 0.3 is 0 Å². The van der Waals surface area contributed by atoms with E-state index in [0.29, 0.717) is 12.5 Å². The molecule has 0 aliphatic carbocycles. The zero-order valence-electron chi connectivity index (χ0n) is 10.1. The molecule has 0 radical (unpaired) electrons. The Bertz CT molecular complexity index is 165. The van der Waals surface area contributed by atoms with E-state index in [9.17, 15) is 4.79 Å². The van der Waals surface area contributed by atoms with Crippen LogP contribution in [0.3, 0.4) is 0 Å². The molecule has 0 aromatic carbocycles. The van der Waals surface area contributed by atoms with E-state index in [-0.39, 0.29) is 5.91 Å². The Morgan fingerprint density at radius 3 is 2.73 bits per heavy atom. The number of carbonyl (C=O) groups excluding carboxylic acids is 1. The summed E-state index contributed by atoms with van der Waals surface area (Å²) in [5.74, 6) is 2.53. The third-order valence-corrected chi connectivity index (χ3v) is 3.05. The van der Waals surface area contributed by atoms with Crippen molar-refractivity contribution in [3.8, 4) is 0 Å². The lowest BCUT2D eigenvalue weighted by Crippen LogP contribution is -2.32. The molecule has 0 aliphatic rings. The molecule has 0 aromatic heterocycles. The van der Waals surface area contributed by atoms with Crippen molar-refractivity contribution in [2.45, 2.75) is 39.7 Å². The fraction of sp³-hybridized carbons (Fsp3) is 0.909. The van der Waals surface area contributed by atoms with Gasteiger partial charge in [-0.05, 0) is 31.8 Å². The number of nitrogens with one attached hydrogen (secondary N) is 2. The second kappa shape index (κ2) is 10.3. The van der Waals surface area contributed by atoms with Crippen LogP contribution in [0.25, 0.3) is 0 Å². The molecule has 1 amide bonds. The van der Waals surface area contributed by atoms with Crippen LogP contribution in [0.4, 0.5) is 0 Å². The lowest BCUT2D eigenvalue weighted by atomic mass is 10.2. The van der Waals surface area contributed by atoms with Crippen molar-refractivity contribution in [1.29, 1.82) is 0 Å². The second-order valence-corrected chi connectivity index (χ2v) is 4.94. The molecule has 0 bridgehead atoms. The number of thioether (sulfide) groups is 1. The molecule has 0 spiro atoms. The quantitative estimate of drug-likeness (QED) is 0.594. The molecule has 0 aliphatic heterocycles. The minimum absolute atomic E-state index is 0.139. The van der Waals surface area contributed by atoms with E-state index >= 15 is 0 Å². The van der Waals surface area contributed by atoms with Gasteiger partial charge in [0.15, 0.2) is 0 Å². The fourth-order valence-corrected chi connectivity index (χ4v) is 2.03. The first-order chi connectivity index (χ1) is 7.20. The Morgan fingerprint density at radius 1 is 1.40 bits per heavy atom. The highest BCUT2D eigenvalue weighted by Crippen LogP contribution is 2.03. The molecule has 4 heteroatoms. The first-order valence-corrected chi connectivity index (χ1v) is 6.94. The highest BCUT2D eigenvalue weighted by atomic mass is 32.2. The molecule has 15 heavy (non-hydrogen) atoms. The van der Waals surface area contributed by atoms with E-state index in [1.54, 1.807) is 0 Å². The van der Waals surface area contributed by atoms with Crippen molar-refractivity contribution in [1.82, 2.24) is 10.6 Å². The van der Waals surface area contributed by atoms with Crippen LogP contribution in [0.2, 0.25) is 0 Å². The minimum atomic E-state index is 0.139. The van der Waals surface area contributed by atoms with Gasteiger partial charge in [-0.1, -0.05) is 6.92 Å². The third-order valence-electron chi connectivity index (χ3n) is 2.12. The predicted octanol–water partition coefficient (Wildman–Crippen LogP) is 1.63. The van der Waals surface area contributed by atoms with Crippen molar-refractivity contribution >= 4 is 17.7 Å². The Balaban J connectivity index is 3.30. The van der Waals surface area contributed by atoms with Gasteiger partial charge in [0, 0.05) is 25.6 Å². The molecule has 0 aromatic rings. The largest absolute Gasteiger partial charge is 0.356 e. The van der Waals surface area contributed by atoms with Crippen molar-refractivity contribution < 1.29 is 4.79 Å². The second-order valence-electron chi connectivity index (χ2n) is 3.54. The van der Waals surface area contributed by atoms with Crippen molar-refractivity contribution in [3.05, 3.63) is 0 Å². The summed E-state index contributed by atoms with van der Waals surface area (Å²) in [6.45, 7) is 7.80. The van der Waals surface area contributed by atoms with Crippen LogP contribution in [0, 0.1) is 0 Å². The maximum atomic E-state index is 11.1. The molecule has 0 heterocycles. The van der Waals surface area contributed by atoms with E-state index in [1.807, 2.05) is 18.7 Å². The lowest BCUT2D eigenvalue weighted by Gasteiger charge is -2.12. The molecule has 3 nitrogen and oxygen atoms in total. The van der Waals surface area contributed by atoms with E-state index in [2.05, 4.69) is 24.5 Å². The van der Waals surface area contributed by atoms with Gasteiger partial charge in [0.25, 0.3) is 0 Å². The molecule has 0 fully saturated rings. The van der Waals surface area contributed by atoms with Gasteiger partial charge in [-0.15, -0.1) is 0 Å². The summed E-state index contributed by atoms with van der Waals surface area (Å²) in [6.07, 6.45) is 1.76. The molecule has 2 N–H and O–H groups in total. The summed E-state index contributed by atoms with van der Waals surface area (Å²) in [4.78, 5) is 11.1. The summed E-state index contributed by atoms with van der Waals surface area (Å²) in [6, 6.07) is 0.512. The normalized spacial score (nSPS) is 12.5. The topological polar surface area (TPSA) is 41.1 Å². The maximum absolute atomic E-state index is 11.1. The van der Waals surface area contributed by atoms with Crippen LogP contribution in [0.1, 0.15) is 33.6 Å². The summed E-state index contributed by atoms with van der Waals surface area (Å²) in [7, 11) is 0. The van der Waals surface area contributed by atoms with Crippen LogP contribution in [-0.2, 0) is 4.79 Å². The number of rotatable bonds is 9. The van der Waals surface area contributed by atoms with Gasteiger partial charge in [-0.25, -0.2) is 0 Å². The van der Waals surface area contributed by atoms with E-state index in [1.165, 1.54) is 17.9 Å². The summed E-state index contributed by atoms with van der Waals surface area (Å²) < 4.78 is 0. The van der Waals surface area contributed by atoms with Crippen molar-refractivity contribution in [2.24, 2.45) is 0 Å². The van der Waals surface area contributed by atoms with E-state index in [4.69, 9.17) is 0 Å². The average Bonchev–Trinajstić information content (AvgIpc) is 2.18. The Kier molecular flexibility index (Phi) is 10.2. The molecular formula is C11H24N2OS. The van der Waals surface area contributed by atoms with Crippen LogP contribution in [0.15, 0.2) is 0 Å². The maximum Gasteiger partial charge on any atom is 0.221 e. The number of hydrogen-bond donors (Lipinski definition) is 2. The molecule has 1 atom stereocenters. The van der Waals surface area contributed by atoms with Gasteiger partial charge in [0.1, 0.15) is 0 Å². The standard InChI is InChI=1S/C11H24N2OS/c1-4-12-11(14)6-8-13-10(3)7-9-15-5-2/h10,13H,4-9H2,1-3H3,(H,12,14). The smallest absolute Gasteiger partial charge is 0.221 e. The molecular weight excluding hydrogens is 208 g/mol. The summed E-state index contributed by atoms with van der Waals surface area (Å²) >= 11 is 1.97. The Morgan fingerprint density at radius 2 is 2.13 bits per heavy atom. The van der Waals surface area contributed by atoms with Gasteiger partial charge in [-0.2, -0.15) is 11.8 Å². The van der Waals surface area contributed by atoms with Gasteiger partial charge < -0.3 is 10.6 Å². The van der Waals surface area contributed by atoms with Gasteiger partial charge in [-0.3, -0.25) is 4.79 Å². The SMILES string of the molecule is CCNC(=O)CCNC(C)CCSCC. The van der Waals surface area contributed by atoms with Crippen LogP contribution < -0.4 is 10.6 Å². The first-order valence-electron chi connectivity index (χ1n) is 5.78. The Labute approximate surface area is 97.8 Å². The molecule has 1 unspecified atom stereocenters. The lowest BCUT2D eigenvalue weighted by molar-refractivity contribution is -0.120. The molecule has 90 valence electrons. The molecule has 0 saturated heterocycles. The zero-order chi connectivity index (χ0) is 11.5. The van der Waals surface area contributed by atoms with Crippen LogP contribution >= 0.6 is 11.8 Å². The zero-order valence-corrected chi connectivity index (χ0v) is 11.0. The van der Waals surface area contributed by atoms with Crippen molar-refractivity contribution in [3.63, 3.8) is 0 Å². The summed E-state index contributed by atoms with van der Waals surface area (Å²) in [5, 5.41) is 6.15. The minimum Gasteiger partial charge on any atom is -0.356 e. The van der Waals surface area contributed by atoms with Gasteiger partial charge in [0.2, 0.25) is 5.91 Å². The predicted molar refractivity (Wildman–Crippen MR) is 68.4 cm³/mol. The van der Waals surface area contributed by atoms with E-state index in [0.717, 1.165) is 13.1 Å². The molecule has 0 saturated carbocycles. The van der Waals surface area contributed by atoms with Crippen LogP contribution in [0.5, 0.6) is 0 Å². The monoisotopic (exact) mass is 232 g/mol. The third kappa shape index (κ3) is 10.1. The Hall–Kier alpha value is -0.220. The number of hydrogen-bond acceptors (Lipinski definition) is 3. The number of carbonyl (C=O) groups is 1. The average molecular weight is 232 g/mol. The number of amides is 1.